The molecule has 0 aromatic heterocycles. The summed E-state index contributed by atoms with van der Waals surface area (Å²) in [4.78, 5) is 22.1. The summed E-state index contributed by atoms with van der Waals surface area (Å²) < 4.78 is 26.9. The highest BCUT2D eigenvalue weighted by Gasteiger charge is 2.24. The molecule has 1 aromatic rings. The summed E-state index contributed by atoms with van der Waals surface area (Å²) in [5, 5.41) is 19.1. The van der Waals surface area contributed by atoms with Crippen molar-refractivity contribution in [2.24, 2.45) is 0 Å². The number of aliphatic carboxylic acids is 1. The molecule has 1 amide bonds. The number of carboxylic acids is 1. The number of benzene rings is 1. The van der Waals surface area contributed by atoms with Gasteiger partial charge < -0.3 is 15.5 Å². The van der Waals surface area contributed by atoms with E-state index < -0.39 is 41.7 Å². The number of rotatable bonds is 4. The van der Waals surface area contributed by atoms with Crippen LogP contribution in [-0.4, -0.2) is 34.7 Å². The second-order valence-electron chi connectivity index (χ2n) is 3.60. The molecule has 1 atom stereocenters. The van der Waals surface area contributed by atoms with Crippen molar-refractivity contribution in [3.63, 3.8) is 0 Å². The fourth-order valence-corrected chi connectivity index (χ4v) is 1.28. The predicted octanol–water partition coefficient (Wildman–Crippen LogP) is 0.449. The molecule has 0 aliphatic heterocycles. The fourth-order valence-electron chi connectivity index (χ4n) is 1.28. The normalized spacial score (nSPS) is 12.0. The maximum atomic E-state index is 13.6. The van der Waals surface area contributed by atoms with Gasteiger partial charge in [-0.1, -0.05) is 6.07 Å². The zero-order valence-corrected chi connectivity index (χ0v) is 9.41. The van der Waals surface area contributed by atoms with E-state index in [0.29, 0.717) is 0 Å². The van der Waals surface area contributed by atoms with Crippen LogP contribution in [0.4, 0.5) is 8.78 Å². The fraction of sp³-hybridized carbons (Fsp3) is 0.273. The SMILES string of the molecule is Cc1ccc(F)c(C(=O)N[C@@H](CO)C(=O)O)c1F. The van der Waals surface area contributed by atoms with Gasteiger partial charge in [0.15, 0.2) is 6.04 Å². The lowest BCUT2D eigenvalue weighted by Gasteiger charge is -2.13. The van der Waals surface area contributed by atoms with E-state index in [1.54, 1.807) is 0 Å². The molecular weight excluding hydrogens is 248 g/mol. The van der Waals surface area contributed by atoms with Crippen LogP contribution in [0.25, 0.3) is 0 Å². The topological polar surface area (TPSA) is 86.6 Å². The smallest absolute Gasteiger partial charge is 0.328 e. The Kier molecular flexibility index (Phi) is 4.33. The highest BCUT2D eigenvalue weighted by Crippen LogP contribution is 2.16. The molecular formula is C11H11F2NO4. The van der Waals surface area contributed by atoms with E-state index in [9.17, 15) is 18.4 Å². The first-order valence-corrected chi connectivity index (χ1v) is 4.97. The molecule has 1 rings (SSSR count). The Bertz CT molecular complexity index is 490. The van der Waals surface area contributed by atoms with Gasteiger partial charge in [-0.3, -0.25) is 4.79 Å². The number of halogens is 2. The monoisotopic (exact) mass is 259 g/mol. The van der Waals surface area contributed by atoms with Gasteiger partial charge in [-0.25, -0.2) is 13.6 Å². The molecule has 98 valence electrons. The third-order valence-electron chi connectivity index (χ3n) is 2.30. The average molecular weight is 259 g/mol. The van der Waals surface area contributed by atoms with Crippen LogP contribution in [0.15, 0.2) is 12.1 Å². The second kappa shape index (κ2) is 5.54. The Labute approximate surface area is 101 Å². The van der Waals surface area contributed by atoms with Gasteiger partial charge in [-0.05, 0) is 18.6 Å². The lowest BCUT2D eigenvalue weighted by molar-refractivity contribution is -0.140. The number of aliphatic hydroxyl groups is 1. The third-order valence-corrected chi connectivity index (χ3v) is 2.30. The summed E-state index contributed by atoms with van der Waals surface area (Å²) >= 11 is 0. The molecule has 0 saturated heterocycles. The molecule has 0 fully saturated rings. The zero-order valence-electron chi connectivity index (χ0n) is 9.41. The van der Waals surface area contributed by atoms with Crippen molar-refractivity contribution in [2.75, 3.05) is 6.61 Å². The van der Waals surface area contributed by atoms with E-state index in [2.05, 4.69) is 0 Å². The first-order chi connectivity index (χ1) is 8.38. The van der Waals surface area contributed by atoms with Crippen molar-refractivity contribution in [1.82, 2.24) is 5.32 Å². The van der Waals surface area contributed by atoms with Crippen molar-refractivity contribution in [3.05, 3.63) is 34.9 Å². The van der Waals surface area contributed by atoms with Crippen molar-refractivity contribution in [1.29, 1.82) is 0 Å². The highest BCUT2D eigenvalue weighted by atomic mass is 19.1. The summed E-state index contributed by atoms with van der Waals surface area (Å²) in [5.74, 6) is -4.89. The van der Waals surface area contributed by atoms with E-state index in [1.165, 1.54) is 6.92 Å². The second-order valence-corrected chi connectivity index (χ2v) is 3.60. The van der Waals surface area contributed by atoms with E-state index in [-0.39, 0.29) is 5.56 Å². The molecule has 0 heterocycles. The number of amides is 1. The van der Waals surface area contributed by atoms with E-state index in [0.717, 1.165) is 12.1 Å². The Balaban J connectivity index is 3.05. The van der Waals surface area contributed by atoms with Crippen molar-refractivity contribution >= 4 is 11.9 Å². The van der Waals surface area contributed by atoms with Crippen LogP contribution in [0.3, 0.4) is 0 Å². The van der Waals surface area contributed by atoms with Crippen LogP contribution in [0.5, 0.6) is 0 Å². The molecule has 0 radical (unpaired) electrons. The van der Waals surface area contributed by atoms with Gasteiger partial charge >= 0.3 is 5.97 Å². The summed E-state index contributed by atoms with van der Waals surface area (Å²) in [6.45, 7) is 0.461. The minimum absolute atomic E-state index is 0.0532. The molecule has 0 aliphatic rings. The number of hydrogen-bond donors (Lipinski definition) is 3. The van der Waals surface area contributed by atoms with Gasteiger partial charge in [0.2, 0.25) is 0 Å². The highest BCUT2D eigenvalue weighted by molar-refractivity contribution is 5.97. The van der Waals surface area contributed by atoms with Crippen molar-refractivity contribution in [2.45, 2.75) is 13.0 Å². The first-order valence-electron chi connectivity index (χ1n) is 4.97. The van der Waals surface area contributed by atoms with E-state index in [1.807, 2.05) is 5.32 Å². The standard InChI is InChI=1S/C11H11F2NO4/c1-5-2-3-6(12)8(9(5)13)10(16)14-7(4-15)11(17)18/h2-3,7,15H,4H2,1H3,(H,14,16)(H,17,18)/t7-/m0/s1. The number of nitrogens with one attached hydrogen (secondary N) is 1. The van der Waals surface area contributed by atoms with Crippen LogP contribution in [0.1, 0.15) is 15.9 Å². The van der Waals surface area contributed by atoms with E-state index in [4.69, 9.17) is 10.2 Å². The Morgan fingerprint density at radius 2 is 2.00 bits per heavy atom. The lowest BCUT2D eigenvalue weighted by atomic mass is 10.1. The number of carbonyl (C=O) groups excluding carboxylic acids is 1. The van der Waals surface area contributed by atoms with Crippen molar-refractivity contribution < 1.29 is 28.6 Å². The number of carboxylic acid groups (broad SMARTS) is 1. The molecule has 7 heteroatoms. The average Bonchev–Trinajstić information content (AvgIpc) is 2.31. The maximum Gasteiger partial charge on any atom is 0.328 e. The summed E-state index contributed by atoms with van der Waals surface area (Å²) in [6, 6.07) is 0.446. The van der Waals surface area contributed by atoms with Gasteiger partial charge in [0.25, 0.3) is 5.91 Å². The van der Waals surface area contributed by atoms with Gasteiger partial charge in [0, 0.05) is 0 Å². The molecule has 0 bridgehead atoms. The van der Waals surface area contributed by atoms with Crippen LogP contribution in [0.2, 0.25) is 0 Å². The summed E-state index contributed by atoms with van der Waals surface area (Å²) in [5.41, 5.74) is -0.813. The Morgan fingerprint density at radius 3 is 2.50 bits per heavy atom. The molecule has 3 N–H and O–H groups in total. The van der Waals surface area contributed by atoms with Gasteiger partial charge in [0.1, 0.15) is 17.2 Å². The number of aliphatic hydroxyl groups excluding tert-OH is 1. The number of aryl methyl sites for hydroxylation is 1. The predicted molar refractivity (Wildman–Crippen MR) is 57.1 cm³/mol. The molecule has 0 unspecified atom stereocenters. The first kappa shape index (κ1) is 14.0. The minimum Gasteiger partial charge on any atom is -0.480 e. The van der Waals surface area contributed by atoms with Crippen LogP contribution in [0, 0.1) is 18.6 Å². The van der Waals surface area contributed by atoms with Gasteiger partial charge in [-0.2, -0.15) is 0 Å². The molecule has 0 spiro atoms. The van der Waals surface area contributed by atoms with Crippen LogP contribution < -0.4 is 5.32 Å². The molecule has 5 nitrogen and oxygen atoms in total. The lowest BCUT2D eigenvalue weighted by Crippen LogP contribution is -2.43. The largest absolute Gasteiger partial charge is 0.480 e. The quantitative estimate of drug-likeness (QED) is 0.732. The summed E-state index contributed by atoms with van der Waals surface area (Å²) in [7, 11) is 0. The van der Waals surface area contributed by atoms with Gasteiger partial charge in [0.05, 0.1) is 6.61 Å². The maximum absolute atomic E-state index is 13.6. The zero-order chi connectivity index (χ0) is 13.9. The van der Waals surface area contributed by atoms with Crippen LogP contribution >= 0.6 is 0 Å². The van der Waals surface area contributed by atoms with Crippen LogP contribution in [-0.2, 0) is 4.79 Å². The Morgan fingerprint density at radius 1 is 1.39 bits per heavy atom. The minimum atomic E-state index is -1.61. The van der Waals surface area contributed by atoms with E-state index >= 15 is 0 Å². The number of carbonyl (C=O) groups is 2. The van der Waals surface area contributed by atoms with Gasteiger partial charge in [-0.15, -0.1) is 0 Å². The molecule has 0 saturated carbocycles. The Hall–Kier alpha value is -2.02. The van der Waals surface area contributed by atoms with Crippen molar-refractivity contribution in [3.8, 4) is 0 Å². The molecule has 1 aromatic carbocycles. The number of hydrogen-bond acceptors (Lipinski definition) is 3. The summed E-state index contributed by atoms with van der Waals surface area (Å²) in [6.07, 6.45) is 0. The molecule has 18 heavy (non-hydrogen) atoms. The third kappa shape index (κ3) is 2.80. The molecule has 0 aliphatic carbocycles.